The van der Waals surface area contributed by atoms with Crippen LogP contribution in [0.5, 0.6) is 0 Å². The molecule has 0 saturated carbocycles. The van der Waals surface area contributed by atoms with Gasteiger partial charge in [-0.25, -0.2) is 9.97 Å². The first-order valence-corrected chi connectivity index (χ1v) is 2.96. The summed E-state index contributed by atoms with van der Waals surface area (Å²) in [6, 6.07) is 0. The molecular formula is C5H9N5. The lowest BCUT2D eigenvalue weighted by Crippen LogP contribution is -2.08. The van der Waals surface area contributed by atoms with Crippen molar-refractivity contribution in [2.45, 2.75) is 6.42 Å². The Morgan fingerprint density at radius 3 is 2.80 bits per heavy atom. The largest absolute Gasteiger partial charge is 0.368 e. The van der Waals surface area contributed by atoms with Crippen molar-refractivity contribution in [3.63, 3.8) is 0 Å². The minimum Gasteiger partial charge on any atom is -0.368 e. The fourth-order valence-electron chi connectivity index (χ4n) is 0.594. The number of hydrogen-bond donors (Lipinski definition) is 2. The topological polar surface area (TPSA) is 90.7 Å². The van der Waals surface area contributed by atoms with Crippen LogP contribution in [-0.4, -0.2) is 21.5 Å². The van der Waals surface area contributed by atoms with Crippen molar-refractivity contribution in [3.05, 3.63) is 12.2 Å². The van der Waals surface area contributed by atoms with Crippen molar-refractivity contribution >= 4 is 5.95 Å². The number of nitrogens with two attached hydrogens (primary N) is 2. The van der Waals surface area contributed by atoms with Crippen molar-refractivity contribution in [2.75, 3.05) is 12.3 Å². The quantitative estimate of drug-likeness (QED) is 0.545. The van der Waals surface area contributed by atoms with Crippen LogP contribution in [0.1, 0.15) is 5.82 Å². The predicted molar refractivity (Wildman–Crippen MR) is 37.0 cm³/mol. The Morgan fingerprint density at radius 2 is 2.20 bits per heavy atom. The molecule has 0 atom stereocenters. The Kier molecular flexibility index (Phi) is 2.11. The molecule has 1 rings (SSSR count). The highest BCUT2D eigenvalue weighted by atomic mass is 15.1. The van der Waals surface area contributed by atoms with Gasteiger partial charge in [-0.3, -0.25) is 0 Å². The van der Waals surface area contributed by atoms with Gasteiger partial charge >= 0.3 is 0 Å². The molecule has 0 aliphatic heterocycles. The van der Waals surface area contributed by atoms with E-state index in [0.29, 0.717) is 18.8 Å². The highest BCUT2D eigenvalue weighted by molar-refractivity contribution is 5.12. The molecule has 0 bridgehead atoms. The molecule has 0 spiro atoms. The van der Waals surface area contributed by atoms with Crippen molar-refractivity contribution in [1.82, 2.24) is 15.0 Å². The molecule has 0 unspecified atom stereocenters. The molecule has 54 valence electrons. The standard InChI is InChI=1S/C5H9N5/c6-2-1-4-8-3-9-5(7)10-4/h3H,1-2,6H2,(H2,7,8,9,10). The van der Waals surface area contributed by atoms with Crippen molar-refractivity contribution in [1.29, 1.82) is 0 Å². The first-order chi connectivity index (χ1) is 4.83. The van der Waals surface area contributed by atoms with Crippen LogP contribution < -0.4 is 11.5 Å². The van der Waals surface area contributed by atoms with E-state index in [9.17, 15) is 0 Å². The van der Waals surface area contributed by atoms with Crippen LogP contribution in [-0.2, 0) is 6.42 Å². The van der Waals surface area contributed by atoms with Crippen LogP contribution in [0.15, 0.2) is 6.33 Å². The molecule has 5 nitrogen and oxygen atoms in total. The number of anilines is 1. The van der Waals surface area contributed by atoms with Crippen LogP contribution in [0.2, 0.25) is 0 Å². The second-order valence-corrected chi connectivity index (χ2v) is 1.80. The Morgan fingerprint density at radius 1 is 1.40 bits per heavy atom. The molecule has 1 heterocycles. The Balaban J connectivity index is 2.75. The van der Waals surface area contributed by atoms with Gasteiger partial charge in [-0.15, -0.1) is 0 Å². The SMILES string of the molecule is NCCc1ncnc(N)n1. The molecule has 4 N–H and O–H groups in total. The number of aromatic nitrogens is 3. The van der Waals surface area contributed by atoms with Crippen LogP contribution in [0.4, 0.5) is 5.95 Å². The third-order valence-corrected chi connectivity index (χ3v) is 1.01. The molecule has 10 heavy (non-hydrogen) atoms. The van der Waals surface area contributed by atoms with E-state index in [2.05, 4.69) is 15.0 Å². The average molecular weight is 139 g/mol. The van der Waals surface area contributed by atoms with E-state index in [1.807, 2.05) is 0 Å². The third kappa shape index (κ3) is 1.63. The Hall–Kier alpha value is -1.23. The number of rotatable bonds is 2. The summed E-state index contributed by atoms with van der Waals surface area (Å²) in [6.45, 7) is 0.531. The fourth-order valence-corrected chi connectivity index (χ4v) is 0.594. The fraction of sp³-hybridized carbons (Fsp3) is 0.400. The first-order valence-electron chi connectivity index (χ1n) is 2.96. The molecule has 0 saturated heterocycles. The molecular weight excluding hydrogens is 130 g/mol. The van der Waals surface area contributed by atoms with Gasteiger partial charge in [-0.05, 0) is 6.54 Å². The predicted octanol–water partition coefficient (Wildman–Crippen LogP) is -1.05. The van der Waals surface area contributed by atoms with Crippen molar-refractivity contribution < 1.29 is 0 Å². The monoisotopic (exact) mass is 139 g/mol. The van der Waals surface area contributed by atoms with Crippen molar-refractivity contribution in [2.24, 2.45) is 5.73 Å². The van der Waals surface area contributed by atoms with Gasteiger partial charge in [0.15, 0.2) is 0 Å². The summed E-state index contributed by atoms with van der Waals surface area (Å²) in [6.07, 6.45) is 2.03. The van der Waals surface area contributed by atoms with Gasteiger partial charge in [0.05, 0.1) is 0 Å². The number of nitrogens with zero attached hydrogens (tertiary/aromatic N) is 3. The Bertz CT molecular complexity index is 211. The van der Waals surface area contributed by atoms with E-state index in [1.165, 1.54) is 6.33 Å². The molecule has 1 aromatic rings. The van der Waals surface area contributed by atoms with E-state index >= 15 is 0 Å². The van der Waals surface area contributed by atoms with Gasteiger partial charge in [0, 0.05) is 6.42 Å². The molecule has 1 aromatic heterocycles. The lowest BCUT2D eigenvalue weighted by Gasteiger charge is -1.94. The van der Waals surface area contributed by atoms with E-state index < -0.39 is 0 Å². The van der Waals surface area contributed by atoms with Crippen LogP contribution in [0.3, 0.4) is 0 Å². The minimum atomic E-state index is 0.249. The van der Waals surface area contributed by atoms with E-state index in [4.69, 9.17) is 11.5 Å². The van der Waals surface area contributed by atoms with Gasteiger partial charge in [-0.2, -0.15) is 4.98 Å². The molecule has 5 heteroatoms. The van der Waals surface area contributed by atoms with E-state index in [0.717, 1.165) is 0 Å². The maximum Gasteiger partial charge on any atom is 0.223 e. The number of nitrogen functional groups attached to an aromatic ring is 1. The summed E-state index contributed by atoms with van der Waals surface area (Å²) < 4.78 is 0. The average Bonchev–Trinajstić information content (AvgIpc) is 1.88. The maximum absolute atomic E-state index is 5.29. The smallest absolute Gasteiger partial charge is 0.223 e. The molecule has 0 fully saturated rings. The molecule has 0 aromatic carbocycles. The zero-order valence-corrected chi connectivity index (χ0v) is 5.49. The summed E-state index contributed by atoms with van der Waals surface area (Å²) in [7, 11) is 0. The second-order valence-electron chi connectivity index (χ2n) is 1.80. The summed E-state index contributed by atoms with van der Waals surface area (Å²) in [5.41, 5.74) is 10.6. The normalized spacial score (nSPS) is 9.70. The van der Waals surface area contributed by atoms with E-state index in [-0.39, 0.29) is 5.95 Å². The van der Waals surface area contributed by atoms with Gasteiger partial charge < -0.3 is 11.5 Å². The molecule has 0 amide bonds. The molecule has 0 aliphatic carbocycles. The lowest BCUT2D eigenvalue weighted by atomic mass is 10.4. The van der Waals surface area contributed by atoms with Crippen molar-refractivity contribution in [3.8, 4) is 0 Å². The Labute approximate surface area is 58.5 Å². The lowest BCUT2D eigenvalue weighted by molar-refractivity contribution is 0.850. The molecule has 0 aliphatic rings. The zero-order chi connectivity index (χ0) is 7.40. The second kappa shape index (κ2) is 3.07. The van der Waals surface area contributed by atoms with Gasteiger partial charge in [-0.1, -0.05) is 0 Å². The van der Waals surface area contributed by atoms with Gasteiger partial charge in [0.2, 0.25) is 5.95 Å². The highest BCUT2D eigenvalue weighted by Crippen LogP contribution is 1.90. The zero-order valence-electron chi connectivity index (χ0n) is 5.49. The van der Waals surface area contributed by atoms with Crippen LogP contribution >= 0.6 is 0 Å². The van der Waals surface area contributed by atoms with Crippen LogP contribution in [0, 0.1) is 0 Å². The van der Waals surface area contributed by atoms with Crippen LogP contribution in [0.25, 0.3) is 0 Å². The summed E-state index contributed by atoms with van der Waals surface area (Å²) >= 11 is 0. The number of hydrogen-bond acceptors (Lipinski definition) is 5. The third-order valence-electron chi connectivity index (χ3n) is 1.01. The highest BCUT2D eigenvalue weighted by Gasteiger charge is 1.93. The summed E-state index contributed by atoms with van der Waals surface area (Å²) in [4.78, 5) is 11.3. The molecule has 0 radical (unpaired) electrons. The van der Waals surface area contributed by atoms with E-state index in [1.54, 1.807) is 0 Å². The first kappa shape index (κ1) is 6.88. The summed E-state index contributed by atoms with van der Waals surface area (Å²) in [5.74, 6) is 0.897. The maximum atomic E-state index is 5.29. The summed E-state index contributed by atoms with van der Waals surface area (Å²) in [5, 5.41) is 0. The minimum absolute atomic E-state index is 0.249. The van der Waals surface area contributed by atoms with Gasteiger partial charge in [0.25, 0.3) is 0 Å². The van der Waals surface area contributed by atoms with Gasteiger partial charge in [0.1, 0.15) is 12.2 Å².